The van der Waals surface area contributed by atoms with E-state index in [9.17, 15) is 0 Å². The Balaban J connectivity index is 1.79. The van der Waals surface area contributed by atoms with Crippen molar-refractivity contribution in [3.63, 3.8) is 0 Å². The van der Waals surface area contributed by atoms with Crippen LogP contribution in [0, 0.1) is 0 Å². The number of nitrogens with zero attached hydrogens (tertiary/aromatic N) is 4. The summed E-state index contributed by atoms with van der Waals surface area (Å²) in [4.78, 5) is 0. The van der Waals surface area contributed by atoms with E-state index in [-0.39, 0.29) is 0 Å². The topological polar surface area (TPSA) is 52.3 Å². The Bertz CT molecular complexity index is 937. The summed E-state index contributed by atoms with van der Waals surface area (Å²) in [7, 11) is 0. The first kappa shape index (κ1) is 16.2. The highest BCUT2D eigenvalue weighted by molar-refractivity contribution is 7.99. The third kappa shape index (κ3) is 3.15. The molecule has 126 valence electrons. The average molecular weight is 371 g/mol. The molecule has 0 unspecified atom stereocenters. The van der Waals surface area contributed by atoms with Crippen LogP contribution in [0.25, 0.3) is 11.4 Å². The average Bonchev–Trinajstić information content (AvgIpc) is 3.06. The van der Waals surface area contributed by atoms with Gasteiger partial charge in [0.2, 0.25) is 5.16 Å². The van der Waals surface area contributed by atoms with Gasteiger partial charge in [0.25, 0.3) is 0 Å². The minimum Gasteiger partial charge on any atom is -0.493 e. The van der Waals surface area contributed by atoms with E-state index in [0.717, 1.165) is 33.5 Å². The van der Waals surface area contributed by atoms with Crippen LogP contribution in [0.3, 0.4) is 0 Å². The number of para-hydroxylation sites is 1. The zero-order valence-corrected chi connectivity index (χ0v) is 15.1. The van der Waals surface area contributed by atoms with Gasteiger partial charge in [-0.25, -0.2) is 0 Å². The smallest absolute Gasteiger partial charge is 0.212 e. The van der Waals surface area contributed by atoms with Crippen LogP contribution in [-0.4, -0.2) is 32.9 Å². The Morgan fingerprint density at radius 3 is 2.72 bits per heavy atom. The quantitative estimate of drug-likeness (QED) is 0.684. The largest absolute Gasteiger partial charge is 0.493 e. The summed E-state index contributed by atoms with van der Waals surface area (Å²) in [6.07, 6.45) is 0. The Morgan fingerprint density at radius 1 is 1.12 bits per heavy atom. The van der Waals surface area contributed by atoms with E-state index in [1.165, 1.54) is 0 Å². The number of ether oxygens (including phenoxy) is 1. The molecule has 2 aromatic carbocycles. The van der Waals surface area contributed by atoms with Gasteiger partial charge in [0, 0.05) is 10.8 Å². The highest BCUT2D eigenvalue weighted by Crippen LogP contribution is 2.33. The maximum atomic E-state index is 5.98. The first-order valence-electron chi connectivity index (χ1n) is 7.90. The van der Waals surface area contributed by atoms with Crippen molar-refractivity contribution >= 4 is 29.1 Å². The second-order valence-electron chi connectivity index (χ2n) is 5.39. The minimum atomic E-state index is 0.589. The van der Waals surface area contributed by atoms with Gasteiger partial charge in [0.1, 0.15) is 5.75 Å². The lowest BCUT2D eigenvalue weighted by Crippen LogP contribution is -2.13. The third-order valence-corrected chi connectivity index (χ3v) is 4.96. The molecule has 5 nitrogen and oxygen atoms in total. The molecule has 0 atom stereocenters. The van der Waals surface area contributed by atoms with Gasteiger partial charge in [-0.3, -0.25) is 0 Å². The van der Waals surface area contributed by atoms with Crippen LogP contribution in [-0.2, 0) is 0 Å². The van der Waals surface area contributed by atoms with Crippen LogP contribution < -0.4 is 4.74 Å². The second kappa shape index (κ2) is 6.90. The normalized spacial score (nSPS) is 13.3. The van der Waals surface area contributed by atoms with Gasteiger partial charge in [-0.1, -0.05) is 47.6 Å². The van der Waals surface area contributed by atoms with Crippen molar-refractivity contribution in [1.29, 1.82) is 0 Å². The van der Waals surface area contributed by atoms with Crippen molar-refractivity contribution in [2.24, 2.45) is 5.10 Å². The van der Waals surface area contributed by atoms with E-state index in [4.69, 9.17) is 21.4 Å². The number of fused-ring (bicyclic) bond motifs is 1. The van der Waals surface area contributed by atoms with E-state index < -0.39 is 0 Å². The maximum Gasteiger partial charge on any atom is 0.212 e. The summed E-state index contributed by atoms with van der Waals surface area (Å²) < 4.78 is 7.51. The second-order valence-corrected chi connectivity index (χ2v) is 6.77. The molecule has 25 heavy (non-hydrogen) atoms. The van der Waals surface area contributed by atoms with Gasteiger partial charge < -0.3 is 4.74 Å². The molecule has 4 rings (SSSR count). The van der Waals surface area contributed by atoms with E-state index >= 15 is 0 Å². The number of hydrogen-bond donors (Lipinski definition) is 0. The molecule has 2 heterocycles. The van der Waals surface area contributed by atoms with Crippen molar-refractivity contribution in [3.8, 4) is 17.1 Å². The predicted molar refractivity (Wildman–Crippen MR) is 101 cm³/mol. The Hall–Kier alpha value is -2.31. The van der Waals surface area contributed by atoms with Crippen LogP contribution in [0.2, 0.25) is 5.02 Å². The van der Waals surface area contributed by atoms with Gasteiger partial charge in [-0.15, -0.1) is 10.2 Å². The molecule has 7 heteroatoms. The molecule has 0 radical (unpaired) electrons. The monoisotopic (exact) mass is 370 g/mol. The fraction of sp³-hybridized carbons (Fsp3) is 0.167. The fourth-order valence-corrected chi connectivity index (χ4v) is 3.58. The summed E-state index contributed by atoms with van der Waals surface area (Å²) in [6.45, 7) is 2.55. The zero-order valence-electron chi connectivity index (χ0n) is 13.5. The minimum absolute atomic E-state index is 0.589. The van der Waals surface area contributed by atoms with Crippen molar-refractivity contribution in [3.05, 3.63) is 59.1 Å². The lowest BCUT2D eigenvalue weighted by molar-refractivity contribution is 0.341. The van der Waals surface area contributed by atoms with Crippen LogP contribution in [0.15, 0.2) is 58.8 Å². The lowest BCUT2D eigenvalue weighted by Gasteiger charge is -2.15. The molecule has 0 saturated carbocycles. The van der Waals surface area contributed by atoms with Gasteiger partial charge in [0.15, 0.2) is 5.82 Å². The zero-order chi connectivity index (χ0) is 17.2. The van der Waals surface area contributed by atoms with Gasteiger partial charge in [-0.05, 0) is 36.8 Å². The lowest BCUT2D eigenvalue weighted by atomic mass is 10.1. The highest BCUT2D eigenvalue weighted by Gasteiger charge is 2.22. The van der Waals surface area contributed by atoms with E-state index in [2.05, 4.69) is 10.2 Å². The molecule has 1 aliphatic heterocycles. The molecule has 0 spiro atoms. The summed E-state index contributed by atoms with van der Waals surface area (Å²) in [6, 6.07) is 15.5. The maximum absolute atomic E-state index is 5.98. The molecule has 3 aromatic rings. The van der Waals surface area contributed by atoms with Gasteiger partial charge in [0.05, 0.1) is 17.9 Å². The SMILES string of the molecule is CCOc1ccccc1-c1nnc2n1N=C(c1ccc(Cl)cc1)CS2. The Labute approximate surface area is 154 Å². The first-order valence-corrected chi connectivity index (χ1v) is 9.27. The van der Waals surface area contributed by atoms with Crippen LogP contribution in [0.1, 0.15) is 12.5 Å². The molecular formula is C18H15ClN4OS. The summed E-state index contributed by atoms with van der Waals surface area (Å²) in [5, 5.41) is 14.9. The van der Waals surface area contributed by atoms with Gasteiger partial charge >= 0.3 is 0 Å². The molecule has 0 fully saturated rings. The summed E-state index contributed by atoms with van der Waals surface area (Å²) in [5.74, 6) is 2.20. The Morgan fingerprint density at radius 2 is 1.92 bits per heavy atom. The van der Waals surface area contributed by atoms with E-state index in [1.807, 2.05) is 55.5 Å². The predicted octanol–water partition coefficient (Wildman–Crippen LogP) is 4.36. The molecule has 1 aliphatic rings. The molecule has 1 aromatic heterocycles. The number of rotatable bonds is 4. The van der Waals surface area contributed by atoms with Crippen molar-refractivity contribution in [2.75, 3.05) is 12.4 Å². The molecule has 0 bridgehead atoms. The van der Waals surface area contributed by atoms with E-state index in [1.54, 1.807) is 16.4 Å². The number of benzene rings is 2. The number of halogens is 1. The fourth-order valence-electron chi connectivity index (χ4n) is 2.61. The van der Waals surface area contributed by atoms with Crippen LogP contribution in [0.4, 0.5) is 0 Å². The number of thioether (sulfide) groups is 1. The number of hydrogen-bond acceptors (Lipinski definition) is 5. The highest BCUT2D eigenvalue weighted by atomic mass is 35.5. The van der Waals surface area contributed by atoms with Crippen molar-refractivity contribution in [2.45, 2.75) is 12.1 Å². The molecule has 0 saturated heterocycles. The molecule has 0 amide bonds. The summed E-state index contributed by atoms with van der Waals surface area (Å²) in [5.41, 5.74) is 2.88. The number of aromatic nitrogens is 3. The van der Waals surface area contributed by atoms with Crippen LogP contribution >= 0.6 is 23.4 Å². The van der Waals surface area contributed by atoms with Crippen molar-refractivity contribution < 1.29 is 4.74 Å². The first-order chi connectivity index (χ1) is 12.3. The van der Waals surface area contributed by atoms with Crippen molar-refractivity contribution in [1.82, 2.24) is 14.9 Å². The molecular weight excluding hydrogens is 356 g/mol. The molecule has 0 aliphatic carbocycles. The Kier molecular flexibility index (Phi) is 4.46. The van der Waals surface area contributed by atoms with Crippen LogP contribution in [0.5, 0.6) is 5.75 Å². The van der Waals surface area contributed by atoms with Gasteiger partial charge in [-0.2, -0.15) is 9.78 Å². The standard InChI is InChI=1S/C18H15ClN4OS/c1-2-24-16-6-4-3-5-14(16)17-20-21-18-23(17)22-15(11-25-18)12-7-9-13(19)10-8-12/h3-10H,2,11H2,1H3. The summed E-state index contributed by atoms with van der Waals surface area (Å²) >= 11 is 7.60. The third-order valence-electron chi connectivity index (χ3n) is 3.78. The van der Waals surface area contributed by atoms with E-state index in [0.29, 0.717) is 17.5 Å². The molecule has 0 N–H and O–H groups in total.